The summed E-state index contributed by atoms with van der Waals surface area (Å²) in [5.41, 5.74) is 0.832. The normalized spacial score (nSPS) is 10.9. The van der Waals surface area contributed by atoms with Crippen molar-refractivity contribution in [1.82, 2.24) is 25.5 Å². The fraction of sp³-hybridized carbons (Fsp3) is 0.500. The van der Waals surface area contributed by atoms with Gasteiger partial charge >= 0.3 is 0 Å². The molecule has 1 aromatic carbocycles. The zero-order valence-corrected chi connectivity index (χ0v) is 12.8. The molecule has 0 aliphatic heterocycles. The number of methoxy groups -OCH3 is 2. The van der Waals surface area contributed by atoms with Crippen LogP contribution < -0.4 is 14.8 Å². The van der Waals surface area contributed by atoms with Crippen LogP contribution in [0.1, 0.15) is 19.7 Å². The Morgan fingerprint density at radius 2 is 1.95 bits per heavy atom. The highest BCUT2D eigenvalue weighted by molar-refractivity contribution is 5.48. The average molecular weight is 291 g/mol. The van der Waals surface area contributed by atoms with Crippen molar-refractivity contribution in [3.05, 3.63) is 24.0 Å². The maximum atomic E-state index is 5.30. The molecule has 1 N–H and O–H groups in total. The van der Waals surface area contributed by atoms with Gasteiger partial charge in [0.25, 0.3) is 0 Å². The number of rotatable bonds is 7. The quantitative estimate of drug-likeness (QED) is 0.831. The molecule has 0 spiro atoms. The molecule has 1 heterocycles. The van der Waals surface area contributed by atoms with E-state index in [0.29, 0.717) is 24.0 Å². The number of ether oxygens (including phenoxy) is 2. The van der Waals surface area contributed by atoms with Crippen LogP contribution in [0.5, 0.6) is 11.5 Å². The lowest BCUT2D eigenvalue weighted by Gasteiger charge is -2.11. The summed E-state index contributed by atoms with van der Waals surface area (Å²) in [5.74, 6) is 2.65. The first-order chi connectivity index (χ1) is 10.2. The van der Waals surface area contributed by atoms with Crippen molar-refractivity contribution in [2.75, 3.05) is 20.8 Å². The molecule has 21 heavy (non-hydrogen) atoms. The predicted molar refractivity (Wildman–Crippen MR) is 78.8 cm³/mol. The third-order valence-electron chi connectivity index (χ3n) is 2.98. The van der Waals surface area contributed by atoms with E-state index in [1.165, 1.54) is 0 Å². The highest BCUT2D eigenvalue weighted by Crippen LogP contribution is 2.28. The van der Waals surface area contributed by atoms with E-state index in [0.717, 1.165) is 18.1 Å². The Morgan fingerprint density at radius 3 is 2.62 bits per heavy atom. The van der Waals surface area contributed by atoms with Gasteiger partial charge in [-0.3, -0.25) is 0 Å². The summed E-state index contributed by atoms with van der Waals surface area (Å²) in [6.45, 7) is 5.84. The standard InChI is InChI=1S/C14H21N5O2/c1-10(2)8-15-9-14-16-17-18-19(14)11-5-6-12(20-3)13(7-11)21-4/h5-7,10,15H,8-9H2,1-4H3. The Bertz CT molecular complexity index is 582. The van der Waals surface area contributed by atoms with Crippen LogP contribution in [0.2, 0.25) is 0 Å². The molecule has 0 radical (unpaired) electrons. The van der Waals surface area contributed by atoms with E-state index < -0.39 is 0 Å². The van der Waals surface area contributed by atoms with Crippen LogP contribution >= 0.6 is 0 Å². The van der Waals surface area contributed by atoms with Gasteiger partial charge in [0.15, 0.2) is 17.3 Å². The molecule has 7 nitrogen and oxygen atoms in total. The molecule has 0 amide bonds. The second-order valence-electron chi connectivity index (χ2n) is 5.07. The summed E-state index contributed by atoms with van der Waals surface area (Å²) >= 11 is 0. The summed E-state index contributed by atoms with van der Waals surface area (Å²) < 4.78 is 12.2. The van der Waals surface area contributed by atoms with Gasteiger partial charge in [-0.05, 0) is 35.0 Å². The number of tetrazole rings is 1. The van der Waals surface area contributed by atoms with Gasteiger partial charge in [-0.15, -0.1) is 5.10 Å². The molecule has 0 saturated heterocycles. The first kappa shape index (κ1) is 15.2. The monoisotopic (exact) mass is 291 g/mol. The SMILES string of the molecule is COc1ccc(-n2nnnc2CNCC(C)C)cc1OC. The number of hydrogen-bond acceptors (Lipinski definition) is 6. The minimum Gasteiger partial charge on any atom is -0.493 e. The maximum Gasteiger partial charge on any atom is 0.170 e. The first-order valence-corrected chi connectivity index (χ1v) is 6.86. The molecule has 114 valence electrons. The number of hydrogen-bond donors (Lipinski definition) is 1. The van der Waals surface area contributed by atoms with E-state index in [1.54, 1.807) is 18.9 Å². The van der Waals surface area contributed by atoms with Crippen LogP contribution in [-0.4, -0.2) is 41.0 Å². The minimum absolute atomic E-state index is 0.579. The molecule has 2 rings (SSSR count). The van der Waals surface area contributed by atoms with Crippen LogP contribution in [0.4, 0.5) is 0 Å². The minimum atomic E-state index is 0.579. The Balaban J connectivity index is 2.20. The molecule has 0 fully saturated rings. The zero-order valence-electron chi connectivity index (χ0n) is 12.8. The van der Waals surface area contributed by atoms with Gasteiger partial charge in [-0.25, -0.2) is 0 Å². The van der Waals surface area contributed by atoms with E-state index in [1.807, 2.05) is 18.2 Å². The van der Waals surface area contributed by atoms with Gasteiger partial charge in [0.05, 0.1) is 26.5 Å². The van der Waals surface area contributed by atoms with Crippen molar-refractivity contribution in [2.24, 2.45) is 5.92 Å². The Labute approximate surface area is 124 Å². The van der Waals surface area contributed by atoms with E-state index in [4.69, 9.17) is 9.47 Å². The molecular formula is C14H21N5O2. The molecule has 0 atom stereocenters. The summed E-state index contributed by atoms with van der Waals surface area (Å²) in [6, 6.07) is 5.58. The van der Waals surface area contributed by atoms with Crippen molar-refractivity contribution in [3.8, 4) is 17.2 Å². The van der Waals surface area contributed by atoms with Gasteiger partial charge in [-0.2, -0.15) is 4.68 Å². The van der Waals surface area contributed by atoms with Gasteiger partial charge in [0.1, 0.15) is 0 Å². The molecule has 0 aliphatic rings. The van der Waals surface area contributed by atoms with Crippen molar-refractivity contribution in [2.45, 2.75) is 20.4 Å². The Kier molecular flexibility index (Phi) is 5.10. The fourth-order valence-electron chi connectivity index (χ4n) is 1.95. The highest BCUT2D eigenvalue weighted by atomic mass is 16.5. The zero-order chi connectivity index (χ0) is 15.2. The third-order valence-corrected chi connectivity index (χ3v) is 2.98. The van der Waals surface area contributed by atoms with Gasteiger partial charge in [-0.1, -0.05) is 13.8 Å². The summed E-state index contributed by atoms with van der Waals surface area (Å²) in [6.07, 6.45) is 0. The second-order valence-corrected chi connectivity index (χ2v) is 5.07. The second kappa shape index (κ2) is 7.03. The van der Waals surface area contributed by atoms with Crippen LogP contribution in [-0.2, 0) is 6.54 Å². The largest absolute Gasteiger partial charge is 0.493 e. The average Bonchev–Trinajstić information content (AvgIpc) is 2.94. The molecule has 2 aromatic rings. The number of benzene rings is 1. The van der Waals surface area contributed by atoms with Gasteiger partial charge in [0.2, 0.25) is 0 Å². The van der Waals surface area contributed by atoms with E-state index in [2.05, 4.69) is 34.7 Å². The smallest absolute Gasteiger partial charge is 0.170 e. The number of aromatic nitrogens is 4. The molecule has 7 heteroatoms. The van der Waals surface area contributed by atoms with E-state index >= 15 is 0 Å². The van der Waals surface area contributed by atoms with Crippen LogP contribution in [0.15, 0.2) is 18.2 Å². The van der Waals surface area contributed by atoms with Crippen LogP contribution in [0.25, 0.3) is 5.69 Å². The van der Waals surface area contributed by atoms with Crippen molar-refractivity contribution in [3.63, 3.8) is 0 Å². The molecule has 0 saturated carbocycles. The lowest BCUT2D eigenvalue weighted by molar-refractivity contribution is 0.354. The van der Waals surface area contributed by atoms with Crippen LogP contribution in [0.3, 0.4) is 0 Å². The fourth-order valence-corrected chi connectivity index (χ4v) is 1.95. The molecular weight excluding hydrogens is 270 g/mol. The maximum absolute atomic E-state index is 5.30. The van der Waals surface area contributed by atoms with Crippen molar-refractivity contribution >= 4 is 0 Å². The lowest BCUT2D eigenvalue weighted by atomic mass is 10.2. The highest BCUT2D eigenvalue weighted by Gasteiger charge is 2.11. The van der Waals surface area contributed by atoms with Gasteiger partial charge < -0.3 is 14.8 Å². The van der Waals surface area contributed by atoms with E-state index in [-0.39, 0.29) is 0 Å². The summed E-state index contributed by atoms with van der Waals surface area (Å²) in [4.78, 5) is 0. The topological polar surface area (TPSA) is 74.1 Å². The first-order valence-electron chi connectivity index (χ1n) is 6.86. The Morgan fingerprint density at radius 1 is 1.19 bits per heavy atom. The number of nitrogens with zero attached hydrogens (tertiary/aromatic N) is 4. The molecule has 0 unspecified atom stereocenters. The lowest BCUT2D eigenvalue weighted by Crippen LogP contribution is -2.21. The van der Waals surface area contributed by atoms with Crippen molar-refractivity contribution < 1.29 is 9.47 Å². The summed E-state index contributed by atoms with van der Waals surface area (Å²) in [5, 5.41) is 15.2. The summed E-state index contributed by atoms with van der Waals surface area (Å²) in [7, 11) is 3.21. The van der Waals surface area contributed by atoms with Gasteiger partial charge in [0, 0.05) is 6.07 Å². The Hall–Kier alpha value is -2.15. The van der Waals surface area contributed by atoms with Crippen LogP contribution in [0, 0.1) is 5.92 Å². The molecule has 0 bridgehead atoms. The number of nitrogens with one attached hydrogen (secondary N) is 1. The molecule has 1 aromatic heterocycles. The third kappa shape index (κ3) is 3.69. The van der Waals surface area contributed by atoms with E-state index in [9.17, 15) is 0 Å². The molecule has 0 aliphatic carbocycles. The van der Waals surface area contributed by atoms with Crippen molar-refractivity contribution in [1.29, 1.82) is 0 Å². The predicted octanol–water partition coefficient (Wildman–Crippen LogP) is 1.43.